The molecule has 98 valence electrons. The summed E-state index contributed by atoms with van der Waals surface area (Å²) in [6.45, 7) is 0. The van der Waals surface area contributed by atoms with Crippen molar-refractivity contribution in [3.8, 4) is 0 Å². The number of rotatable bonds is 2. The third-order valence-corrected chi connectivity index (χ3v) is 3.23. The van der Waals surface area contributed by atoms with Crippen LogP contribution in [0.5, 0.6) is 0 Å². The summed E-state index contributed by atoms with van der Waals surface area (Å²) in [5.74, 6) is -0.318. The average Bonchev–Trinajstić information content (AvgIpc) is 2.38. The molecule has 0 unspecified atom stereocenters. The molecule has 0 atom stereocenters. The molecule has 0 aromatic heterocycles. The van der Waals surface area contributed by atoms with Gasteiger partial charge in [-0.15, -0.1) is 0 Å². The minimum atomic E-state index is -4.42. The van der Waals surface area contributed by atoms with Crippen LogP contribution in [0.1, 0.15) is 21.5 Å². The van der Waals surface area contributed by atoms with Crippen LogP contribution in [-0.4, -0.2) is 5.78 Å². The summed E-state index contributed by atoms with van der Waals surface area (Å²) in [5, 5.41) is 0. The standard InChI is InChI=1S/C14H8BrF3O/c15-12-8-10(14(16,17)18)6-7-11(12)13(19)9-4-2-1-3-5-9/h1-8H. The number of carbonyl (C=O) groups is 1. The number of hydrogen-bond donors (Lipinski definition) is 0. The van der Waals surface area contributed by atoms with Crippen LogP contribution in [0.3, 0.4) is 0 Å². The van der Waals surface area contributed by atoms with E-state index in [-0.39, 0.29) is 15.8 Å². The topological polar surface area (TPSA) is 17.1 Å². The molecule has 2 aromatic rings. The normalized spacial score (nSPS) is 11.4. The van der Waals surface area contributed by atoms with Crippen molar-refractivity contribution in [2.75, 3.05) is 0 Å². The quantitative estimate of drug-likeness (QED) is 0.730. The van der Waals surface area contributed by atoms with E-state index in [1.807, 2.05) is 0 Å². The van der Waals surface area contributed by atoms with Gasteiger partial charge < -0.3 is 0 Å². The van der Waals surface area contributed by atoms with Crippen molar-refractivity contribution in [1.82, 2.24) is 0 Å². The lowest BCUT2D eigenvalue weighted by molar-refractivity contribution is -0.137. The zero-order chi connectivity index (χ0) is 14.0. The van der Waals surface area contributed by atoms with Gasteiger partial charge in [0.25, 0.3) is 0 Å². The van der Waals surface area contributed by atoms with E-state index in [1.165, 1.54) is 6.07 Å². The Bertz CT molecular complexity index is 606. The van der Waals surface area contributed by atoms with Crippen LogP contribution in [-0.2, 0) is 6.18 Å². The van der Waals surface area contributed by atoms with Gasteiger partial charge >= 0.3 is 6.18 Å². The fourth-order valence-corrected chi connectivity index (χ4v) is 2.18. The Balaban J connectivity index is 2.40. The minimum Gasteiger partial charge on any atom is -0.289 e. The van der Waals surface area contributed by atoms with Crippen LogP contribution in [0.2, 0.25) is 0 Å². The Morgan fingerprint density at radius 3 is 2.16 bits per heavy atom. The Labute approximate surface area is 116 Å². The summed E-state index contributed by atoms with van der Waals surface area (Å²) in [6.07, 6.45) is -4.42. The summed E-state index contributed by atoms with van der Waals surface area (Å²) in [5.41, 5.74) is -0.147. The monoisotopic (exact) mass is 328 g/mol. The van der Waals surface area contributed by atoms with Gasteiger partial charge in [-0.3, -0.25) is 4.79 Å². The molecule has 1 nitrogen and oxygen atoms in total. The van der Waals surface area contributed by atoms with Crippen LogP contribution in [0, 0.1) is 0 Å². The van der Waals surface area contributed by atoms with Gasteiger partial charge in [0.05, 0.1) is 5.56 Å². The van der Waals surface area contributed by atoms with Gasteiger partial charge in [0.2, 0.25) is 0 Å². The van der Waals surface area contributed by atoms with E-state index in [2.05, 4.69) is 15.9 Å². The van der Waals surface area contributed by atoms with Crippen molar-refractivity contribution in [3.05, 3.63) is 69.7 Å². The third-order valence-electron chi connectivity index (χ3n) is 2.58. The molecular weight excluding hydrogens is 321 g/mol. The zero-order valence-corrected chi connectivity index (χ0v) is 11.1. The first kappa shape index (κ1) is 13.8. The number of benzene rings is 2. The van der Waals surface area contributed by atoms with Crippen LogP contribution >= 0.6 is 15.9 Å². The van der Waals surface area contributed by atoms with Crippen molar-refractivity contribution in [2.24, 2.45) is 0 Å². The third kappa shape index (κ3) is 3.04. The largest absolute Gasteiger partial charge is 0.416 e. The summed E-state index contributed by atoms with van der Waals surface area (Å²) in [6, 6.07) is 11.4. The molecule has 0 amide bonds. The number of halogens is 4. The van der Waals surface area contributed by atoms with Crippen LogP contribution in [0.15, 0.2) is 53.0 Å². The SMILES string of the molecule is O=C(c1ccccc1)c1ccc(C(F)(F)F)cc1Br. The molecule has 19 heavy (non-hydrogen) atoms. The molecule has 0 saturated carbocycles. The smallest absolute Gasteiger partial charge is 0.289 e. The molecule has 2 rings (SSSR count). The zero-order valence-electron chi connectivity index (χ0n) is 9.54. The van der Waals surface area contributed by atoms with Crippen LogP contribution < -0.4 is 0 Å². The Kier molecular flexibility index (Phi) is 3.75. The molecule has 0 aliphatic rings. The van der Waals surface area contributed by atoms with E-state index < -0.39 is 11.7 Å². The van der Waals surface area contributed by atoms with E-state index in [4.69, 9.17) is 0 Å². The molecule has 5 heteroatoms. The van der Waals surface area contributed by atoms with E-state index >= 15 is 0 Å². The molecule has 0 heterocycles. The highest BCUT2D eigenvalue weighted by Crippen LogP contribution is 2.32. The molecule has 0 fully saturated rings. The molecule has 0 aliphatic carbocycles. The molecule has 0 aliphatic heterocycles. The lowest BCUT2D eigenvalue weighted by atomic mass is 10.0. The van der Waals surface area contributed by atoms with E-state index in [1.54, 1.807) is 30.3 Å². The van der Waals surface area contributed by atoms with Crippen LogP contribution in [0.25, 0.3) is 0 Å². The van der Waals surface area contributed by atoms with Gasteiger partial charge in [0, 0.05) is 15.6 Å². The molecular formula is C14H8BrF3O. The highest BCUT2D eigenvalue weighted by Gasteiger charge is 2.31. The fraction of sp³-hybridized carbons (Fsp3) is 0.0714. The molecule has 0 saturated heterocycles. The van der Waals surface area contributed by atoms with Gasteiger partial charge in [-0.2, -0.15) is 13.2 Å². The molecule has 0 N–H and O–H groups in total. The van der Waals surface area contributed by atoms with E-state index in [0.29, 0.717) is 5.56 Å². The van der Waals surface area contributed by atoms with Crippen molar-refractivity contribution in [1.29, 1.82) is 0 Å². The van der Waals surface area contributed by atoms with E-state index in [0.717, 1.165) is 12.1 Å². The first-order chi connectivity index (χ1) is 8.89. The van der Waals surface area contributed by atoms with Crippen molar-refractivity contribution < 1.29 is 18.0 Å². The highest BCUT2D eigenvalue weighted by molar-refractivity contribution is 9.10. The maximum absolute atomic E-state index is 12.5. The second-order valence-corrected chi connectivity index (χ2v) is 4.74. The summed E-state index contributed by atoms with van der Waals surface area (Å²) in [4.78, 5) is 12.1. The van der Waals surface area contributed by atoms with Crippen molar-refractivity contribution in [3.63, 3.8) is 0 Å². The molecule has 0 radical (unpaired) electrons. The number of ketones is 1. The number of carbonyl (C=O) groups excluding carboxylic acids is 1. The predicted octanol–water partition coefficient (Wildman–Crippen LogP) is 4.70. The maximum Gasteiger partial charge on any atom is 0.416 e. The summed E-state index contributed by atoms with van der Waals surface area (Å²) < 4.78 is 37.7. The van der Waals surface area contributed by atoms with Gasteiger partial charge in [0.15, 0.2) is 5.78 Å². The summed E-state index contributed by atoms with van der Waals surface area (Å²) >= 11 is 3.02. The highest BCUT2D eigenvalue weighted by atomic mass is 79.9. The minimum absolute atomic E-state index is 0.135. The van der Waals surface area contributed by atoms with Gasteiger partial charge in [-0.1, -0.05) is 46.3 Å². The second kappa shape index (κ2) is 5.17. The van der Waals surface area contributed by atoms with Gasteiger partial charge in [-0.25, -0.2) is 0 Å². The molecule has 0 spiro atoms. The Morgan fingerprint density at radius 2 is 1.63 bits per heavy atom. The van der Waals surface area contributed by atoms with Crippen molar-refractivity contribution >= 4 is 21.7 Å². The number of hydrogen-bond acceptors (Lipinski definition) is 1. The van der Waals surface area contributed by atoms with Crippen molar-refractivity contribution in [2.45, 2.75) is 6.18 Å². The van der Waals surface area contributed by atoms with Gasteiger partial charge in [-0.05, 0) is 18.2 Å². The van der Waals surface area contributed by atoms with E-state index in [9.17, 15) is 18.0 Å². The predicted molar refractivity (Wildman–Crippen MR) is 69.0 cm³/mol. The lowest BCUT2D eigenvalue weighted by Gasteiger charge is -2.09. The molecule has 2 aromatic carbocycles. The second-order valence-electron chi connectivity index (χ2n) is 3.89. The number of alkyl halides is 3. The molecule has 0 bridgehead atoms. The Hall–Kier alpha value is -1.62. The fourth-order valence-electron chi connectivity index (χ4n) is 1.62. The first-order valence-electron chi connectivity index (χ1n) is 5.36. The summed E-state index contributed by atoms with van der Waals surface area (Å²) in [7, 11) is 0. The van der Waals surface area contributed by atoms with Gasteiger partial charge in [0.1, 0.15) is 0 Å². The maximum atomic E-state index is 12.5. The van der Waals surface area contributed by atoms with Crippen LogP contribution in [0.4, 0.5) is 13.2 Å². The Morgan fingerprint density at radius 1 is 1.00 bits per heavy atom. The first-order valence-corrected chi connectivity index (χ1v) is 6.15. The lowest BCUT2D eigenvalue weighted by Crippen LogP contribution is -2.07. The average molecular weight is 329 g/mol.